The zero-order valence-corrected chi connectivity index (χ0v) is 11.5. The summed E-state index contributed by atoms with van der Waals surface area (Å²) in [6.45, 7) is 4.07. The zero-order chi connectivity index (χ0) is 14.1. The predicted octanol–water partition coefficient (Wildman–Crippen LogP) is 3.33. The third-order valence-electron chi connectivity index (χ3n) is 3.15. The van der Waals surface area contributed by atoms with Crippen LogP contribution in [0.3, 0.4) is 0 Å². The van der Waals surface area contributed by atoms with Crippen molar-refractivity contribution in [1.82, 2.24) is 15.2 Å². The Balaban J connectivity index is 1.98. The molecule has 0 saturated heterocycles. The van der Waals surface area contributed by atoms with Crippen LogP contribution in [0.5, 0.6) is 0 Å². The van der Waals surface area contributed by atoms with Crippen molar-refractivity contribution in [3.8, 4) is 0 Å². The predicted molar refractivity (Wildman–Crippen MR) is 83.1 cm³/mol. The lowest BCUT2D eigenvalue weighted by molar-refractivity contribution is 1.11. The minimum Gasteiger partial charge on any atom is -0.399 e. The summed E-state index contributed by atoms with van der Waals surface area (Å²) in [4.78, 5) is 4.48. The molecule has 0 amide bonds. The highest BCUT2D eigenvalue weighted by molar-refractivity contribution is 5.90. The number of aromatic nitrogens is 3. The maximum Gasteiger partial charge on any atom is 0.0928 e. The lowest BCUT2D eigenvalue weighted by Gasteiger charge is -1.98. The summed E-state index contributed by atoms with van der Waals surface area (Å²) in [7, 11) is 0. The van der Waals surface area contributed by atoms with Crippen LogP contribution in [0.4, 0.5) is 5.69 Å². The fourth-order valence-electron chi connectivity index (χ4n) is 2.31. The Morgan fingerprint density at radius 1 is 1.10 bits per heavy atom. The molecule has 2 heterocycles. The standard InChI is InChI=1S/C16H16N4/c1-10-7-11(2)18-13(8-10)4-6-15-14-5-3-12(17)9-16(14)20-19-15/h3-9H,17H2,1-2H3,(H,19,20)/b6-4+. The first-order valence-corrected chi connectivity index (χ1v) is 6.49. The van der Waals surface area contributed by atoms with Crippen molar-refractivity contribution in [3.63, 3.8) is 0 Å². The summed E-state index contributed by atoms with van der Waals surface area (Å²) in [6, 6.07) is 9.85. The van der Waals surface area contributed by atoms with Crippen molar-refractivity contribution in [1.29, 1.82) is 0 Å². The molecular weight excluding hydrogens is 248 g/mol. The monoisotopic (exact) mass is 264 g/mol. The normalized spacial score (nSPS) is 11.5. The smallest absolute Gasteiger partial charge is 0.0928 e. The third-order valence-corrected chi connectivity index (χ3v) is 3.15. The highest BCUT2D eigenvalue weighted by Gasteiger charge is 2.02. The lowest BCUT2D eigenvalue weighted by Crippen LogP contribution is -1.87. The average molecular weight is 264 g/mol. The number of anilines is 1. The van der Waals surface area contributed by atoms with Gasteiger partial charge in [0.05, 0.1) is 16.9 Å². The summed E-state index contributed by atoms with van der Waals surface area (Å²) >= 11 is 0. The van der Waals surface area contributed by atoms with E-state index in [1.807, 2.05) is 37.3 Å². The second-order valence-electron chi connectivity index (χ2n) is 4.96. The quantitative estimate of drug-likeness (QED) is 0.698. The van der Waals surface area contributed by atoms with Crippen molar-refractivity contribution in [3.05, 3.63) is 53.0 Å². The maximum absolute atomic E-state index is 5.76. The van der Waals surface area contributed by atoms with Crippen LogP contribution in [0.2, 0.25) is 0 Å². The number of H-pyrrole nitrogens is 1. The molecule has 0 aliphatic rings. The molecule has 4 heteroatoms. The number of hydrogen-bond donors (Lipinski definition) is 2. The van der Waals surface area contributed by atoms with Gasteiger partial charge >= 0.3 is 0 Å². The van der Waals surface area contributed by atoms with E-state index in [-0.39, 0.29) is 0 Å². The van der Waals surface area contributed by atoms with E-state index >= 15 is 0 Å². The van der Waals surface area contributed by atoms with Crippen LogP contribution in [0.1, 0.15) is 22.6 Å². The van der Waals surface area contributed by atoms with Crippen LogP contribution in [-0.2, 0) is 0 Å². The number of aryl methyl sites for hydroxylation is 2. The van der Waals surface area contributed by atoms with Gasteiger partial charge in [0.2, 0.25) is 0 Å². The summed E-state index contributed by atoms with van der Waals surface area (Å²) in [5, 5.41) is 8.34. The van der Waals surface area contributed by atoms with Crippen LogP contribution in [0.15, 0.2) is 30.3 Å². The van der Waals surface area contributed by atoms with Crippen LogP contribution in [0.25, 0.3) is 23.1 Å². The molecule has 1 aromatic carbocycles. The molecule has 0 aliphatic carbocycles. The topological polar surface area (TPSA) is 67.6 Å². The maximum atomic E-state index is 5.76. The highest BCUT2D eigenvalue weighted by atomic mass is 15.1. The van der Waals surface area contributed by atoms with Crippen molar-refractivity contribution >= 4 is 28.7 Å². The molecular formula is C16H16N4. The van der Waals surface area contributed by atoms with E-state index in [0.29, 0.717) is 0 Å². The van der Waals surface area contributed by atoms with Gasteiger partial charge in [-0.25, -0.2) is 0 Å². The largest absolute Gasteiger partial charge is 0.399 e. The SMILES string of the molecule is Cc1cc(C)nc(/C=C/c2n[nH]c3cc(N)ccc23)c1. The van der Waals surface area contributed by atoms with Gasteiger partial charge in [-0.15, -0.1) is 0 Å². The second-order valence-corrected chi connectivity index (χ2v) is 4.96. The van der Waals surface area contributed by atoms with Gasteiger partial charge in [0.25, 0.3) is 0 Å². The van der Waals surface area contributed by atoms with Gasteiger partial charge in [0, 0.05) is 16.8 Å². The summed E-state index contributed by atoms with van der Waals surface area (Å²) in [6.07, 6.45) is 3.95. The van der Waals surface area contributed by atoms with Gasteiger partial charge in [0.15, 0.2) is 0 Å². The number of nitrogens with two attached hydrogens (primary N) is 1. The van der Waals surface area contributed by atoms with Gasteiger partial charge in [0.1, 0.15) is 0 Å². The minimum absolute atomic E-state index is 0.729. The van der Waals surface area contributed by atoms with E-state index in [9.17, 15) is 0 Å². The molecule has 0 spiro atoms. The first kappa shape index (κ1) is 12.4. The van der Waals surface area contributed by atoms with Gasteiger partial charge in [-0.2, -0.15) is 5.10 Å². The highest BCUT2D eigenvalue weighted by Crippen LogP contribution is 2.20. The van der Waals surface area contributed by atoms with Crippen molar-refractivity contribution in [2.75, 3.05) is 5.73 Å². The molecule has 3 N–H and O–H groups in total. The number of hydrogen-bond acceptors (Lipinski definition) is 3. The summed E-state index contributed by atoms with van der Waals surface area (Å²) in [5.74, 6) is 0. The van der Waals surface area contributed by atoms with Crippen LogP contribution in [0, 0.1) is 13.8 Å². The second kappa shape index (κ2) is 4.81. The number of pyridine rings is 1. The Morgan fingerprint density at radius 2 is 1.95 bits per heavy atom. The number of benzene rings is 1. The van der Waals surface area contributed by atoms with E-state index in [4.69, 9.17) is 5.73 Å². The Hall–Kier alpha value is -2.62. The molecule has 0 unspecified atom stereocenters. The number of nitrogen functional groups attached to an aromatic ring is 1. The number of fused-ring (bicyclic) bond motifs is 1. The molecule has 0 aliphatic heterocycles. The Kier molecular flexibility index (Phi) is 2.99. The summed E-state index contributed by atoms with van der Waals surface area (Å²) < 4.78 is 0. The Bertz CT molecular complexity index is 779. The number of aromatic amines is 1. The molecule has 100 valence electrons. The molecule has 4 nitrogen and oxygen atoms in total. The van der Waals surface area contributed by atoms with E-state index in [1.165, 1.54) is 5.56 Å². The molecule has 0 saturated carbocycles. The van der Waals surface area contributed by atoms with Crippen LogP contribution in [-0.4, -0.2) is 15.2 Å². The molecule has 0 radical (unpaired) electrons. The number of nitrogens with zero attached hydrogens (tertiary/aromatic N) is 2. The molecule has 0 atom stereocenters. The van der Waals surface area contributed by atoms with E-state index in [1.54, 1.807) is 0 Å². The molecule has 3 rings (SSSR count). The van der Waals surface area contributed by atoms with Gasteiger partial charge in [-0.05, 0) is 61.9 Å². The fraction of sp³-hybridized carbons (Fsp3) is 0.125. The van der Waals surface area contributed by atoms with Crippen LogP contribution >= 0.6 is 0 Å². The van der Waals surface area contributed by atoms with Crippen molar-refractivity contribution in [2.24, 2.45) is 0 Å². The zero-order valence-electron chi connectivity index (χ0n) is 11.5. The fourth-order valence-corrected chi connectivity index (χ4v) is 2.31. The van der Waals surface area contributed by atoms with Crippen LogP contribution < -0.4 is 5.73 Å². The van der Waals surface area contributed by atoms with E-state index in [2.05, 4.69) is 34.2 Å². The minimum atomic E-state index is 0.729. The Morgan fingerprint density at radius 3 is 2.75 bits per heavy atom. The van der Waals surface area contributed by atoms with Gasteiger partial charge < -0.3 is 5.73 Å². The van der Waals surface area contributed by atoms with Crippen molar-refractivity contribution in [2.45, 2.75) is 13.8 Å². The Labute approximate surface area is 117 Å². The van der Waals surface area contributed by atoms with Crippen molar-refractivity contribution < 1.29 is 0 Å². The first-order valence-electron chi connectivity index (χ1n) is 6.49. The van der Waals surface area contributed by atoms with Gasteiger partial charge in [-0.1, -0.05) is 0 Å². The van der Waals surface area contributed by atoms with E-state index < -0.39 is 0 Å². The number of nitrogens with one attached hydrogen (secondary N) is 1. The van der Waals surface area contributed by atoms with E-state index in [0.717, 1.165) is 33.7 Å². The molecule has 20 heavy (non-hydrogen) atoms. The molecule has 3 aromatic rings. The molecule has 0 fully saturated rings. The molecule has 2 aromatic heterocycles. The lowest BCUT2D eigenvalue weighted by atomic mass is 10.1. The number of rotatable bonds is 2. The van der Waals surface area contributed by atoms with Gasteiger partial charge in [-0.3, -0.25) is 10.1 Å². The average Bonchev–Trinajstić information content (AvgIpc) is 2.77. The molecule has 0 bridgehead atoms. The first-order chi connectivity index (χ1) is 9.61. The third kappa shape index (κ3) is 2.40. The summed E-state index contributed by atoms with van der Waals surface area (Å²) in [5.41, 5.74) is 11.5.